The summed E-state index contributed by atoms with van der Waals surface area (Å²) < 4.78 is 13.3. The summed E-state index contributed by atoms with van der Waals surface area (Å²) in [5, 5.41) is 2.02. The van der Waals surface area contributed by atoms with Crippen LogP contribution in [0, 0.1) is 18.7 Å². The number of hydrogen-bond acceptors (Lipinski definition) is 3. The molecule has 0 unspecified atom stereocenters. The van der Waals surface area contributed by atoms with Crippen LogP contribution >= 0.6 is 11.3 Å². The first-order valence-electron chi connectivity index (χ1n) is 10.2. The Labute approximate surface area is 176 Å². The highest BCUT2D eigenvalue weighted by Crippen LogP contribution is 2.32. The number of halogens is 1. The molecule has 1 atom stereocenters. The fraction of sp³-hybridized carbons (Fsp3) is 0.478. The minimum absolute atomic E-state index is 0.0307. The SMILES string of the molecule is CC[C@H](C)N(CC(=O)N(Cc1ccc(F)cc1)Cc1sccc1C)C(=O)C1CC1. The fourth-order valence-corrected chi connectivity index (χ4v) is 4.18. The summed E-state index contributed by atoms with van der Waals surface area (Å²) in [6, 6.07) is 8.32. The first kappa shape index (κ1) is 21.5. The van der Waals surface area contributed by atoms with Gasteiger partial charge >= 0.3 is 0 Å². The number of hydrogen-bond donors (Lipinski definition) is 0. The van der Waals surface area contributed by atoms with Gasteiger partial charge in [-0.25, -0.2) is 4.39 Å². The number of rotatable bonds is 9. The lowest BCUT2D eigenvalue weighted by Crippen LogP contribution is -2.46. The summed E-state index contributed by atoms with van der Waals surface area (Å²) in [6.45, 7) is 7.05. The van der Waals surface area contributed by atoms with Crippen molar-refractivity contribution in [1.29, 1.82) is 0 Å². The van der Waals surface area contributed by atoms with Crippen molar-refractivity contribution in [2.45, 2.75) is 59.2 Å². The number of carbonyl (C=O) groups excluding carboxylic acids is 2. The van der Waals surface area contributed by atoms with Crippen LogP contribution in [0.25, 0.3) is 0 Å². The maximum atomic E-state index is 13.3. The number of carbonyl (C=O) groups is 2. The second-order valence-corrected chi connectivity index (χ2v) is 8.90. The fourth-order valence-electron chi connectivity index (χ4n) is 3.26. The van der Waals surface area contributed by atoms with Crippen molar-refractivity contribution in [2.24, 2.45) is 5.92 Å². The standard InChI is InChI=1S/C23H29FN2O2S/c1-4-17(3)26(23(28)19-7-8-19)15-22(27)25(14-21-16(2)11-12-29-21)13-18-5-9-20(24)10-6-18/h5-6,9-12,17,19H,4,7-8,13-15H2,1-3H3/t17-/m0/s1. The Bertz CT molecular complexity index is 845. The van der Waals surface area contributed by atoms with Gasteiger partial charge in [-0.05, 0) is 67.8 Å². The average molecular weight is 417 g/mol. The van der Waals surface area contributed by atoms with E-state index in [0.717, 1.165) is 35.3 Å². The highest BCUT2D eigenvalue weighted by atomic mass is 32.1. The Hall–Kier alpha value is -2.21. The van der Waals surface area contributed by atoms with Crippen LogP contribution in [0.15, 0.2) is 35.7 Å². The predicted molar refractivity (Wildman–Crippen MR) is 114 cm³/mol. The molecule has 2 amide bonds. The van der Waals surface area contributed by atoms with E-state index in [0.29, 0.717) is 13.1 Å². The molecule has 3 rings (SSSR count). The Kier molecular flexibility index (Phi) is 7.06. The van der Waals surface area contributed by atoms with Crippen molar-refractivity contribution in [3.63, 3.8) is 0 Å². The molecule has 0 radical (unpaired) electrons. The second-order valence-electron chi connectivity index (χ2n) is 7.90. The van der Waals surface area contributed by atoms with Gasteiger partial charge in [-0.1, -0.05) is 19.1 Å². The number of thiophene rings is 1. The number of aryl methyl sites for hydroxylation is 1. The maximum absolute atomic E-state index is 13.3. The smallest absolute Gasteiger partial charge is 0.242 e. The molecule has 1 aliphatic rings. The molecule has 1 fully saturated rings. The second kappa shape index (κ2) is 9.53. The normalized spacial score (nSPS) is 14.5. The number of benzene rings is 1. The Morgan fingerprint density at radius 1 is 1.17 bits per heavy atom. The number of amides is 2. The predicted octanol–water partition coefficient (Wildman–Crippen LogP) is 4.76. The van der Waals surface area contributed by atoms with Crippen LogP contribution in [-0.4, -0.2) is 34.2 Å². The summed E-state index contributed by atoms with van der Waals surface area (Å²) in [6.07, 6.45) is 2.66. The van der Waals surface area contributed by atoms with Crippen LogP contribution in [0.4, 0.5) is 4.39 Å². The lowest BCUT2D eigenvalue weighted by Gasteiger charge is -2.31. The molecule has 2 aromatic rings. The highest BCUT2D eigenvalue weighted by Gasteiger charge is 2.36. The molecule has 0 spiro atoms. The molecule has 1 aromatic carbocycles. The molecule has 1 aliphatic carbocycles. The van der Waals surface area contributed by atoms with E-state index in [4.69, 9.17) is 0 Å². The largest absolute Gasteiger partial charge is 0.332 e. The molecule has 1 saturated carbocycles. The van der Waals surface area contributed by atoms with E-state index in [9.17, 15) is 14.0 Å². The summed E-state index contributed by atoms with van der Waals surface area (Å²) in [4.78, 5) is 30.7. The summed E-state index contributed by atoms with van der Waals surface area (Å²) in [5.41, 5.74) is 2.03. The van der Waals surface area contributed by atoms with Crippen LogP contribution in [0.5, 0.6) is 0 Å². The van der Waals surface area contributed by atoms with E-state index in [1.807, 2.05) is 32.2 Å². The highest BCUT2D eigenvalue weighted by molar-refractivity contribution is 7.10. The van der Waals surface area contributed by atoms with Gasteiger partial charge in [-0.2, -0.15) is 0 Å². The van der Waals surface area contributed by atoms with E-state index in [-0.39, 0.29) is 36.1 Å². The zero-order chi connectivity index (χ0) is 21.0. The van der Waals surface area contributed by atoms with Gasteiger partial charge in [0.2, 0.25) is 11.8 Å². The van der Waals surface area contributed by atoms with Crippen molar-refractivity contribution in [1.82, 2.24) is 9.80 Å². The van der Waals surface area contributed by atoms with Crippen LogP contribution < -0.4 is 0 Å². The van der Waals surface area contributed by atoms with Gasteiger partial charge in [0.15, 0.2) is 0 Å². The monoisotopic (exact) mass is 416 g/mol. The summed E-state index contributed by atoms with van der Waals surface area (Å²) in [7, 11) is 0. The van der Waals surface area contributed by atoms with Gasteiger partial charge in [-0.3, -0.25) is 9.59 Å². The molecular formula is C23H29FN2O2S. The first-order chi connectivity index (χ1) is 13.9. The lowest BCUT2D eigenvalue weighted by atomic mass is 10.1. The van der Waals surface area contributed by atoms with Crippen molar-refractivity contribution < 1.29 is 14.0 Å². The first-order valence-corrected chi connectivity index (χ1v) is 11.1. The van der Waals surface area contributed by atoms with Crippen molar-refractivity contribution in [2.75, 3.05) is 6.54 Å². The average Bonchev–Trinajstić information content (AvgIpc) is 3.49. The Morgan fingerprint density at radius 2 is 1.86 bits per heavy atom. The van der Waals surface area contributed by atoms with Gasteiger partial charge < -0.3 is 9.80 Å². The van der Waals surface area contributed by atoms with Crippen molar-refractivity contribution in [3.8, 4) is 0 Å². The third kappa shape index (κ3) is 5.66. The molecular weight excluding hydrogens is 387 g/mol. The van der Waals surface area contributed by atoms with E-state index in [2.05, 4.69) is 0 Å². The van der Waals surface area contributed by atoms with Gasteiger partial charge in [0.1, 0.15) is 12.4 Å². The molecule has 4 nitrogen and oxygen atoms in total. The molecule has 1 heterocycles. The zero-order valence-corrected chi connectivity index (χ0v) is 18.2. The third-order valence-electron chi connectivity index (χ3n) is 5.58. The Morgan fingerprint density at radius 3 is 2.41 bits per heavy atom. The van der Waals surface area contributed by atoms with Crippen LogP contribution in [0.1, 0.15) is 49.1 Å². The van der Waals surface area contributed by atoms with Gasteiger partial charge in [-0.15, -0.1) is 11.3 Å². The van der Waals surface area contributed by atoms with Gasteiger partial charge in [0.05, 0.1) is 6.54 Å². The minimum atomic E-state index is -0.293. The van der Waals surface area contributed by atoms with Crippen LogP contribution in [0.2, 0.25) is 0 Å². The molecule has 0 saturated heterocycles. The van der Waals surface area contributed by atoms with Crippen LogP contribution in [-0.2, 0) is 22.7 Å². The number of nitrogens with zero attached hydrogens (tertiary/aromatic N) is 2. The van der Waals surface area contributed by atoms with E-state index >= 15 is 0 Å². The maximum Gasteiger partial charge on any atom is 0.242 e. The molecule has 0 bridgehead atoms. The molecule has 29 heavy (non-hydrogen) atoms. The van der Waals surface area contributed by atoms with Crippen molar-refractivity contribution in [3.05, 3.63) is 57.5 Å². The van der Waals surface area contributed by atoms with Gasteiger partial charge in [0.25, 0.3) is 0 Å². The summed E-state index contributed by atoms with van der Waals surface area (Å²) in [5.74, 6) is -0.182. The topological polar surface area (TPSA) is 40.6 Å². The quantitative estimate of drug-likeness (QED) is 0.591. The van der Waals surface area contributed by atoms with Crippen molar-refractivity contribution >= 4 is 23.2 Å². The lowest BCUT2D eigenvalue weighted by molar-refractivity contribution is -0.143. The van der Waals surface area contributed by atoms with E-state index < -0.39 is 0 Å². The Balaban J connectivity index is 1.78. The molecule has 6 heteroatoms. The minimum Gasteiger partial charge on any atom is -0.332 e. The van der Waals surface area contributed by atoms with Crippen LogP contribution in [0.3, 0.4) is 0 Å². The third-order valence-corrected chi connectivity index (χ3v) is 6.59. The zero-order valence-electron chi connectivity index (χ0n) is 17.4. The van der Waals surface area contributed by atoms with E-state index in [1.165, 1.54) is 12.1 Å². The molecule has 156 valence electrons. The van der Waals surface area contributed by atoms with E-state index in [1.54, 1.807) is 33.3 Å². The molecule has 1 aromatic heterocycles. The summed E-state index contributed by atoms with van der Waals surface area (Å²) >= 11 is 1.62. The molecule has 0 N–H and O–H groups in total. The molecule has 0 aliphatic heterocycles. The van der Waals surface area contributed by atoms with Gasteiger partial charge in [0, 0.05) is 23.4 Å².